The molecule has 0 fully saturated rings. The molecule has 6 aromatic rings. The van der Waals surface area contributed by atoms with Crippen molar-refractivity contribution < 1.29 is 9.47 Å². The molecule has 32 heavy (non-hydrogen) atoms. The van der Waals surface area contributed by atoms with E-state index in [1.807, 2.05) is 78.2 Å². The summed E-state index contributed by atoms with van der Waals surface area (Å²) in [6.45, 7) is 2.51. The summed E-state index contributed by atoms with van der Waals surface area (Å²) in [5.74, 6) is 1.37. The van der Waals surface area contributed by atoms with Gasteiger partial charge in [-0.3, -0.25) is 14.2 Å². The lowest BCUT2D eigenvalue weighted by molar-refractivity contribution is 0.311. The Bertz CT molecular complexity index is 1700. The predicted octanol–water partition coefficient (Wildman–Crippen LogP) is 5.67. The van der Waals surface area contributed by atoms with Crippen LogP contribution in [0.5, 0.6) is 11.5 Å². The van der Waals surface area contributed by atoms with Crippen LogP contribution in [0.4, 0.5) is 0 Å². The lowest BCUT2D eigenvalue weighted by Crippen LogP contribution is -2.13. The fraction of sp³-hybridized carbons (Fsp3) is 0.111. The Hall–Kier alpha value is -4.12. The molecule has 0 aliphatic rings. The van der Waals surface area contributed by atoms with Gasteiger partial charge in [0.1, 0.15) is 0 Å². The zero-order valence-electron chi connectivity index (χ0n) is 17.8. The lowest BCUT2D eigenvalue weighted by Gasteiger charge is -2.12. The molecule has 0 radical (unpaired) electrons. The molecule has 156 valence electrons. The second-order valence-corrected chi connectivity index (χ2v) is 7.75. The number of hydrogen-bond acceptors (Lipinski definition) is 4. The quantitative estimate of drug-likeness (QED) is 0.345. The molecule has 0 atom stereocenters. The van der Waals surface area contributed by atoms with Gasteiger partial charge in [0.05, 0.1) is 30.3 Å². The first-order chi connectivity index (χ1) is 15.7. The van der Waals surface area contributed by atoms with Gasteiger partial charge in [0.15, 0.2) is 11.5 Å². The van der Waals surface area contributed by atoms with Crippen LogP contribution in [0.15, 0.2) is 77.7 Å². The largest absolute Gasteiger partial charge is 0.493 e. The van der Waals surface area contributed by atoms with Gasteiger partial charge >= 0.3 is 0 Å². The topological polar surface area (TPSA) is 52.8 Å². The number of benzene rings is 3. The number of methoxy groups -OCH3 is 1. The number of rotatable bonds is 4. The first-order valence-electron chi connectivity index (χ1n) is 10.6. The van der Waals surface area contributed by atoms with Crippen LogP contribution < -0.4 is 15.0 Å². The highest BCUT2D eigenvalue weighted by molar-refractivity contribution is 6.23. The highest BCUT2D eigenvalue weighted by Gasteiger charge is 2.21. The van der Waals surface area contributed by atoms with Gasteiger partial charge in [0.2, 0.25) is 0 Å². The third kappa shape index (κ3) is 2.45. The SMILES string of the molecule is CCOc1ccc(-c2cnc3c4ccccc4c(=O)n4c5ccccc5c2c34)cc1OC. The van der Waals surface area contributed by atoms with Crippen molar-refractivity contribution in [2.45, 2.75) is 6.92 Å². The molecular weight excluding hydrogens is 400 g/mol. The van der Waals surface area contributed by atoms with E-state index < -0.39 is 0 Å². The van der Waals surface area contributed by atoms with Gasteiger partial charge in [0, 0.05) is 33.3 Å². The Morgan fingerprint density at radius 1 is 0.906 bits per heavy atom. The number of para-hydroxylation sites is 1. The standard InChI is InChI=1S/C27H20N2O3/c1-3-32-22-13-12-16(14-23(22)31-2)20-15-28-25-17-8-4-5-9-18(17)27(30)29-21-11-7-6-10-19(21)24(20)26(25)29/h4-15H,3H2,1-2H3. The van der Waals surface area contributed by atoms with Crippen LogP contribution in [0, 0.1) is 0 Å². The minimum atomic E-state index is -0.0254. The van der Waals surface area contributed by atoms with E-state index in [2.05, 4.69) is 6.07 Å². The van der Waals surface area contributed by atoms with Gasteiger partial charge in [-0.25, -0.2) is 0 Å². The van der Waals surface area contributed by atoms with E-state index >= 15 is 0 Å². The molecule has 0 bridgehead atoms. The van der Waals surface area contributed by atoms with Crippen molar-refractivity contribution in [3.05, 3.63) is 83.3 Å². The van der Waals surface area contributed by atoms with Crippen molar-refractivity contribution in [2.24, 2.45) is 0 Å². The maximum atomic E-state index is 13.5. The van der Waals surface area contributed by atoms with E-state index in [-0.39, 0.29) is 5.56 Å². The molecule has 0 N–H and O–H groups in total. The van der Waals surface area contributed by atoms with Crippen LogP contribution in [0.25, 0.3) is 49.2 Å². The van der Waals surface area contributed by atoms with E-state index in [4.69, 9.17) is 14.5 Å². The fourth-order valence-corrected chi connectivity index (χ4v) is 4.72. The number of hydrogen-bond donors (Lipinski definition) is 0. The third-order valence-electron chi connectivity index (χ3n) is 6.08. The third-order valence-corrected chi connectivity index (χ3v) is 6.08. The molecule has 6 rings (SSSR count). The van der Waals surface area contributed by atoms with Crippen molar-refractivity contribution in [3.8, 4) is 22.6 Å². The van der Waals surface area contributed by atoms with E-state index in [9.17, 15) is 4.79 Å². The summed E-state index contributed by atoms with van der Waals surface area (Å²) in [5.41, 5.74) is 4.44. The van der Waals surface area contributed by atoms with Crippen molar-refractivity contribution in [3.63, 3.8) is 0 Å². The Labute approximate surface area is 183 Å². The molecule has 3 heterocycles. The number of pyridine rings is 2. The van der Waals surface area contributed by atoms with Gasteiger partial charge < -0.3 is 9.47 Å². The molecule has 0 saturated carbocycles. The Morgan fingerprint density at radius 3 is 2.44 bits per heavy atom. The average molecular weight is 420 g/mol. The first-order valence-corrected chi connectivity index (χ1v) is 10.6. The number of nitrogens with zero attached hydrogens (tertiary/aromatic N) is 2. The summed E-state index contributed by atoms with van der Waals surface area (Å²) in [4.78, 5) is 18.4. The predicted molar refractivity (Wildman–Crippen MR) is 128 cm³/mol. The summed E-state index contributed by atoms with van der Waals surface area (Å²) >= 11 is 0. The van der Waals surface area contributed by atoms with Crippen LogP contribution in [-0.2, 0) is 0 Å². The van der Waals surface area contributed by atoms with Crippen molar-refractivity contribution in [2.75, 3.05) is 13.7 Å². The van der Waals surface area contributed by atoms with Crippen LogP contribution in [0.1, 0.15) is 6.92 Å². The summed E-state index contributed by atoms with van der Waals surface area (Å²) < 4.78 is 13.1. The molecule has 0 unspecified atom stereocenters. The van der Waals surface area contributed by atoms with Crippen LogP contribution in [0.3, 0.4) is 0 Å². The van der Waals surface area contributed by atoms with Crippen molar-refractivity contribution in [1.82, 2.24) is 9.38 Å². The minimum absolute atomic E-state index is 0.0254. The minimum Gasteiger partial charge on any atom is -0.493 e. The number of ether oxygens (including phenoxy) is 2. The maximum Gasteiger partial charge on any atom is 0.263 e. The molecule has 3 aromatic carbocycles. The normalized spacial score (nSPS) is 11.7. The molecule has 3 aromatic heterocycles. The summed E-state index contributed by atoms with van der Waals surface area (Å²) in [6, 6.07) is 21.6. The lowest BCUT2D eigenvalue weighted by atomic mass is 9.99. The highest BCUT2D eigenvalue weighted by atomic mass is 16.5. The summed E-state index contributed by atoms with van der Waals surface area (Å²) in [7, 11) is 1.64. The first kappa shape index (κ1) is 18.6. The number of aromatic nitrogens is 2. The smallest absolute Gasteiger partial charge is 0.263 e. The summed E-state index contributed by atoms with van der Waals surface area (Å²) in [5, 5.41) is 3.58. The number of fused-ring (bicyclic) bond motifs is 5. The molecule has 0 aliphatic heterocycles. The second-order valence-electron chi connectivity index (χ2n) is 7.75. The van der Waals surface area contributed by atoms with Crippen LogP contribution >= 0.6 is 0 Å². The molecule has 5 nitrogen and oxygen atoms in total. The fourth-order valence-electron chi connectivity index (χ4n) is 4.72. The van der Waals surface area contributed by atoms with Gasteiger partial charge in [0.25, 0.3) is 5.56 Å². The monoisotopic (exact) mass is 420 g/mol. The molecule has 5 heteroatoms. The Balaban J connectivity index is 1.80. The molecular formula is C27H20N2O3. The molecule has 0 amide bonds. The van der Waals surface area contributed by atoms with E-state index in [1.54, 1.807) is 7.11 Å². The Morgan fingerprint density at radius 2 is 1.66 bits per heavy atom. The zero-order chi connectivity index (χ0) is 21.8. The summed E-state index contributed by atoms with van der Waals surface area (Å²) in [6.07, 6.45) is 1.90. The van der Waals surface area contributed by atoms with Crippen molar-refractivity contribution >= 4 is 38.1 Å². The van der Waals surface area contributed by atoms with Crippen LogP contribution in [-0.4, -0.2) is 23.1 Å². The highest BCUT2D eigenvalue weighted by Crippen LogP contribution is 2.41. The van der Waals surface area contributed by atoms with E-state index in [0.29, 0.717) is 23.5 Å². The molecule has 0 aliphatic carbocycles. The van der Waals surface area contributed by atoms with Gasteiger partial charge in [-0.05, 0) is 36.8 Å². The van der Waals surface area contributed by atoms with Gasteiger partial charge in [-0.2, -0.15) is 0 Å². The molecule has 0 spiro atoms. The Kier molecular flexibility index (Phi) is 4.05. The maximum absolute atomic E-state index is 13.5. The van der Waals surface area contributed by atoms with Crippen LogP contribution in [0.2, 0.25) is 0 Å². The van der Waals surface area contributed by atoms with E-state index in [1.165, 1.54) is 0 Å². The van der Waals surface area contributed by atoms with Gasteiger partial charge in [-0.1, -0.05) is 42.5 Å². The molecule has 0 saturated heterocycles. The van der Waals surface area contributed by atoms with E-state index in [0.717, 1.165) is 43.8 Å². The average Bonchev–Trinajstić information content (AvgIpc) is 3.19. The second kappa shape index (κ2) is 6.95. The van der Waals surface area contributed by atoms with Gasteiger partial charge in [-0.15, -0.1) is 0 Å². The zero-order valence-corrected chi connectivity index (χ0v) is 17.8. The van der Waals surface area contributed by atoms with Crippen molar-refractivity contribution in [1.29, 1.82) is 0 Å².